The first-order valence-electron chi connectivity index (χ1n) is 5.73. The Labute approximate surface area is 98.5 Å². The highest BCUT2D eigenvalue weighted by atomic mass is 16.6. The summed E-state index contributed by atoms with van der Waals surface area (Å²) in [6, 6.07) is 0. The predicted molar refractivity (Wildman–Crippen MR) is 64.8 cm³/mol. The van der Waals surface area contributed by atoms with Crippen LogP contribution in [-0.2, 0) is 14.3 Å². The fraction of sp³-hybridized carbons (Fsp3) is 0.833. The normalized spacial score (nSPS) is 12.1. The lowest BCUT2D eigenvalue weighted by Gasteiger charge is -2.21. The third-order valence-corrected chi connectivity index (χ3v) is 1.63. The van der Waals surface area contributed by atoms with Gasteiger partial charge in [0.15, 0.2) is 0 Å². The Balaban J connectivity index is 0. The standard InChI is InChI=1S/C10H19NO3.C2H6/c1-7(5-6-8(11)12)9(13)14-10(2,3)4;1-2/h7H,5-6H2,1-4H3,(H2,11,12);1-2H3/t7-;/m0./s1. The van der Waals surface area contributed by atoms with E-state index >= 15 is 0 Å². The Kier molecular flexibility index (Phi) is 8.81. The van der Waals surface area contributed by atoms with Gasteiger partial charge in [-0.1, -0.05) is 20.8 Å². The quantitative estimate of drug-likeness (QED) is 0.754. The van der Waals surface area contributed by atoms with Gasteiger partial charge in [-0.3, -0.25) is 9.59 Å². The number of rotatable bonds is 4. The minimum Gasteiger partial charge on any atom is -0.460 e. The molecule has 0 saturated heterocycles. The number of ether oxygens (including phenoxy) is 1. The Bertz CT molecular complexity index is 219. The van der Waals surface area contributed by atoms with Gasteiger partial charge in [-0.05, 0) is 27.2 Å². The predicted octanol–water partition coefficient (Wildman–Crippen LogP) is 2.26. The smallest absolute Gasteiger partial charge is 0.309 e. The van der Waals surface area contributed by atoms with Crippen LogP contribution >= 0.6 is 0 Å². The second kappa shape index (κ2) is 8.13. The fourth-order valence-corrected chi connectivity index (χ4v) is 0.879. The van der Waals surface area contributed by atoms with E-state index in [2.05, 4.69) is 0 Å². The zero-order chi connectivity index (χ0) is 13.4. The topological polar surface area (TPSA) is 69.4 Å². The molecule has 1 amide bonds. The average molecular weight is 231 g/mol. The number of hydrogen-bond acceptors (Lipinski definition) is 3. The summed E-state index contributed by atoms with van der Waals surface area (Å²) in [5, 5.41) is 0. The fourth-order valence-electron chi connectivity index (χ4n) is 0.879. The van der Waals surface area contributed by atoms with Crippen LogP contribution in [0.25, 0.3) is 0 Å². The summed E-state index contributed by atoms with van der Waals surface area (Å²) in [6.45, 7) is 11.2. The summed E-state index contributed by atoms with van der Waals surface area (Å²) < 4.78 is 5.14. The van der Waals surface area contributed by atoms with Crippen molar-refractivity contribution in [2.24, 2.45) is 11.7 Å². The van der Waals surface area contributed by atoms with E-state index in [1.54, 1.807) is 6.92 Å². The molecule has 1 atom stereocenters. The monoisotopic (exact) mass is 231 g/mol. The van der Waals surface area contributed by atoms with Crippen LogP contribution in [0.1, 0.15) is 54.4 Å². The van der Waals surface area contributed by atoms with Crippen LogP contribution in [0.5, 0.6) is 0 Å². The van der Waals surface area contributed by atoms with Gasteiger partial charge < -0.3 is 10.5 Å². The molecule has 96 valence electrons. The molecule has 4 heteroatoms. The number of carbonyl (C=O) groups is 2. The maximum atomic E-state index is 11.4. The van der Waals surface area contributed by atoms with Crippen molar-refractivity contribution in [3.8, 4) is 0 Å². The van der Waals surface area contributed by atoms with Gasteiger partial charge in [-0.2, -0.15) is 0 Å². The summed E-state index contributed by atoms with van der Waals surface area (Å²) in [4.78, 5) is 21.9. The Morgan fingerprint density at radius 1 is 1.25 bits per heavy atom. The number of esters is 1. The molecule has 0 fully saturated rings. The van der Waals surface area contributed by atoms with E-state index < -0.39 is 5.60 Å². The van der Waals surface area contributed by atoms with Crippen molar-refractivity contribution >= 4 is 11.9 Å². The maximum Gasteiger partial charge on any atom is 0.309 e. The van der Waals surface area contributed by atoms with Crippen LogP contribution in [0.3, 0.4) is 0 Å². The largest absolute Gasteiger partial charge is 0.460 e. The number of amides is 1. The molecule has 0 aliphatic carbocycles. The molecule has 0 saturated carbocycles. The van der Waals surface area contributed by atoms with E-state index in [0.29, 0.717) is 6.42 Å². The summed E-state index contributed by atoms with van der Waals surface area (Å²) in [6.07, 6.45) is 0.671. The lowest BCUT2D eigenvalue weighted by molar-refractivity contribution is -0.159. The lowest BCUT2D eigenvalue weighted by atomic mass is 10.1. The van der Waals surface area contributed by atoms with Crippen LogP contribution in [0.15, 0.2) is 0 Å². The first-order chi connectivity index (χ1) is 7.22. The Morgan fingerprint density at radius 2 is 1.69 bits per heavy atom. The van der Waals surface area contributed by atoms with Crippen LogP contribution in [0.4, 0.5) is 0 Å². The zero-order valence-electron chi connectivity index (χ0n) is 11.3. The molecule has 0 aliphatic rings. The van der Waals surface area contributed by atoms with Crippen molar-refractivity contribution < 1.29 is 14.3 Å². The lowest BCUT2D eigenvalue weighted by Crippen LogP contribution is -2.28. The molecule has 0 spiro atoms. The molecule has 0 aliphatic heterocycles. The van der Waals surface area contributed by atoms with Gasteiger partial charge in [-0.15, -0.1) is 0 Å². The molecule has 0 heterocycles. The van der Waals surface area contributed by atoms with Gasteiger partial charge >= 0.3 is 5.97 Å². The van der Waals surface area contributed by atoms with Gasteiger partial charge in [0, 0.05) is 6.42 Å². The highest BCUT2D eigenvalue weighted by Gasteiger charge is 2.21. The van der Waals surface area contributed by atoms with E-state index in [1.165, 1.54) is 0 Å². The van der Waals surface area contributed by atoms with Crippen LogP contribution in [0.2, 0.25) is 0 Å². The SMILES string of the molecule is CC.C[C@@H](CCC(N)=O)C(=O)OC(C)(C)C. The molecule has 2 N–H and O–H groups in total. The number of hydrogen-bond donors (Lipinski definition) is 1. The van der Waals surface area contributed by atoms with Gasteiger partial charge in [0.1, 0.15) is 5.60 Å². The van der Waals surface area contributed by atoms with E-state index in [0.717, 1.165) is 0 Å². The molecular formula is C12H25NO3. The average Bonchev–Trinajstić information content (AvgIpc) is 2.14. The summed E-state index contributed by atoms with van der Waals surface area (Å²) in [7, 11) is 0. The zero-order valence-corrected chi connectivity index (χ0v) is 11.3. The van der Waals surface area contributed by atoms with Crippen LogP contribution in [0, 0.1) is 5.92 Å². The van der Waals surface area contributed by atoms with Gasteiger partial charge in [0.05, 0.1) is 5.92 Å². The summed E-state index contributed by atoms with van der Waals surface area (Å²) in [5.41, 5.74) is 4.50. The summed E-state index contributed by atoms with van der Waals surface area (Å²) >= 11 is 0. The molecular weight excluding hydrogens is 206 g/mol. The van der Waals surface area contributed by atoms with Crippen molar-refractivity contribution in [2.75, 3.05) is 0 Å². The van der Waals surface area contributed by atoms with Crippen molar-refractivity contribution in [1.82, 2.24) is 0 Å². The minimum absolute atomic E-state index is 0.223. The highest BCUT2D eigenvalue weighted by molar-refractivity contribution is 5.76. The maximum absolute atomic E-state index is 11.4. The molecule has 0 aromatic carbocycles. The van der Waals surface area contributed by atoms with Crippen LogP contribution < -0.4 is 5.73 Å². The van der Waals surface area contributed by atoms with Gasteiger partial charge in [-0.25, -0.2) is 0 Å². The highest BCUT2D eigenvalue weighted by Crippen LogP contribution is 2.14. The first kappa shape index (κ1) is 17.3. The number of carbonyl (C=O) groups excluding carboxylic acids is 2. The molecule has 4 nitrogen and oxygen atoms in total. The van der Waals surface area contributed by atoms with Crippen LogP contribution in [-0.4, -0.2) is 17.5 Å². The second-order valence-electron chi connectivity index (χ2n) is 4.44. The molecule has 0 unspecified atom stereocenters. The summed E-state index contributed by atoms with van der Waals surface area (Å²) in [5.74, 6) is -0.944. The molecule has 0 aromatic rings. The van der Waals surface area contributed by atoms with Crippen molar-refractivity contribution in [3.63, 3.8) is 0 Å². The number of nitrogens with two attached hydrogens (primary N) is 1. The third kappa shape index (κ3) is 11.0. The van der Waals surface area contributed by atoms with E-state index in [4.69, 9.17) is 10.5 Å². The molecule has 0 radical (unpaired) electrons. The first-order valence-corrected chi connectivity index (χ1v) is 5.73. The molecule has 16 heavy (non-hydrogen) atoms. The minimum atomic E-state index is -0.474. The van der Waals surface area contributed by atoms with Gasteiger partial charge in [0.25, 0.3) is 0 Å². The molecule has 0 rings (SSSR count). The van der Waals surface area contributed by atoms with Crippen molar-refractivity contribution in [2.45, 2.75) is 60.0 Å². The molecule has 0 aromatic heterocycles. The van der Waals surface area contributed by atoms with Crippen molar-refractivity contribution in [3.05, 3.63) is 0 Å². The van der Waals surface area contributed by atoms with Crippen molar-refractivity contribution in [1.29, 1.82) is 0 Å². The van der Waals surface area contributed by atoms with E-state index in [1.807, 2.05) is 34.6 Å². The Hall–Kier alpha value is -1.06. The van der Waals surface area contributed by atoms with Gasteiger partial charge in [0.2, 0.25) is 5.91 Å². The number of primary amides is 1. The van der Waals surface area contributed by atoms with E-state index in [-0.39, 0.29) is 24.2 Å². The van der Waals surface area contributed by atoms with E-state index in [9.17, 15) is 9.59 Å². The second-order valence-corrected chi connectivity index (χ2v) is 4.44. The third-order valence-electron chi connectivity index (χ3n) is 1.63. The Morgan fingerprint density at radius 3 is 2.00 bits per heavy atom. The molecule has 0 bridgehead atoms.